The van der Waals surface area contributed by atoms with Crippen LogP contribution in [-0.2, 0) is 30.7 Å². The first kappa shape index (κ1) is 22.3. The summed E-state index contributed by atoms with van der Waals surface area (Å²) in [5, 5.41) is 3.69. The van der Waals surface area contributed by atoms with Gasteiger partial charge in [0.25, 0.3) is 0 Å². The van der Waals surface area contributed by atoms with Gasteiger partial charge in [0.15, 0.2) is 0 Å². The fourth-order valence-corrected chi connectivity index (χ4v) is 1.49. The molecule has 0 fully saturated rings. The van der Waals surface area contributed by atoms with E-state index in [1.54, 1.807) is 0 Å². The van der Waals surface area contributed by atoms with Crippen molar-refractivity contribution in [3.63, 3.8) is 0 Å². The summed E-state index contributed by atoms with van der Waals surface area (Å²) in [6.07, 6.45) is 3.33. The Morgan fingerprint density at radius 2 is 1.72 bits per heavy atom. The molecule has 0 aliphatic heterocycles. The standard InChI is InChI=1S/C12H16N2O3.C5H9NO2/c1-10-5-3-4-6-11(10)9-17-13-8-7-12(15)14-16-2;1-3-4-5(7)6-8-2/h3-6,8H,7,9H2,1-2H3,(H,14,15);3H,1,4H2,2H3,(H,6,7)/b13-8-;. The lowest BCUT2D eigenvalue weighted by Gasteiger charge is -2.03. The van der Waals surface area contributed by atoms with E-state index in [4.69, 9.17) is 4.84 Å². The van der Waals surface area contributed by atoms with Gasteiger partial charge in [-0.1, -0.05) is 35.5 Å². The van der Waals surface area contributed by atoms with E-state index in [9.17, 15) is 9.59 Å². The summed E-state index contributed by atoms with van der Waals surface area (Å²) in [5.74, 6) is -0.446. The minimum atomic E-state index is -0.268. The Morgan fingerprint density at radius 1 is 1.12 bits per heavy atom. The maximum Gasteiger partial charge on any atom is 0.249 e. The molecule has 0 atom stereocenters. The highest BCUT2D eigenvalue weighted by Gasteiger charge is 1.97. The van der Waals surface area contributed by atoms with Crippen molar-refractivity contribution < 1.29 is 24.1 Å². The average Bonchev–Trinajstić information content (AvgIpc) is 2.57. The normalized spacial score (nSPS) is 9.72. The molecule has 2 N–H and O–H groups in total. The third-order valence-electron chi connectivity index (χ3n) is 2.67. The molecule has 0 radical (unpaired) electrons. The maximum absolute atomic E-state index is 10.9. The molecule has 25 heavy (non-hydrogen) atoms. The van der Waals surface area contributed by atoms with Gasteiger partial charge in [0.05, 0.1) is 26.9 Å². The van der Waals surface area contributed by atoms with Crippen molar-refractivity contribution in [2.24, 2.45) is 5.16 Å². The predicted octanol–water partition coefficient (Wildman–Crippen LogP) is 1.81. The molecule has 0 heterocycles. The lowest BCUT2D eigenvalue weighted by Crippen LogP contribution is -2.21. The van der Waals surface area contributed by atoms with Gasteiger partial charge in [0.1, 0.15) is 6.61 Å². The van der Waals surface area contributed by atoms with Gasteiger partial charge in [-0.05, 0) is 18.1 Å². The summed E-state index contributed by atoms with van der Waals surface area (Å²) in [6, 6.07) is 7.90. The van der Waals surface area contributed by atoms with Crippen molar-refractivity contribution in [1.82, 2.24) is 11.0 Å². The van der Waals surface area contributed by atoms with E-state index in [-0.39, 0.29) is 18.2 Å². The predicted molar refractivity (Wildman–Crippen MR) is 94.2 cm³/mol. The highest BCUT2D eigenvalue weighted by atomic mass is 16.6. The number of nitrogens with one attached hydrogen (secondary N) is 2. The van der Waals surface area contributed by atoms with E-state index in [0.717, 1.165) is 11.1 Å². The van der Waals surface area contributed by atoms with Crippen LogP contribution in [0.5, 0.6) is 0 Å². The highest BCUT2D eigenvalue weighted by Crippen LogP contribution is 2.07. The topological polar surface area (TPSA) is 98.2 Å². The summed E-state index contributed by atoms with van der Waals surface area (Å²) < 4.78 is 0. The van der Waals surface area contributed by atoms with E-state index in [1.807, 2.05) is 31.2 Å². The quantitative estimate of drug-likeness (QED) is 0.402. The maximum atomic E-state index is 10.9. The third kappa shape index (κ3) is 12.4. The summed E-state index contributed by atoms with van der Waals surface area (Å²) >= 11 is 0. The number of hydrogen-bond acceptors (Lipinski definition) is 6. The molecule has 1 rings (SSSR count). The van der Waals surface area contributed by atoms with E-state index >= 15 is 0 Å². The Morgan fingerprint density at radius 3 is 2.28 bits per heavy atom. The number of rotatable bonds is 9. The zero-order valence-corrected chi connectivity index (χ0v) is 14.8. The van der Waals surface area contributed by atoms with Gasteiger partial charge in [0.2, 0.25) is 11.8 Å². The SMILES string of the molecule is C=CCC(=O)NOC.CONC(=O)C/C=N\OCc1ccccc1C. The number of aryl methyl sites for hydroxylation is 1. The number of hydrogen-bond donors (Lipinski definition) is 2. The van der Waals surface area contributed by atoms with Crippen LogP contribution in [0.3, 0.4) is 0 Å². The Kier molecular flexibility index (Phi) is 13.2. The molecule has 0 aromatic heterocycles. The fraction of sp³-hybridized carbons (Fsp3) is 0.353. The summed E-state index contributed by atoms with van der Waals surface area (Å²) in [7, 11) is 2.77. The van der Waals surface area contributed by atoms with Gasteiger partial charge in [-0.2, -0.15) is 0 Å². The highest BCUT2D eigenvalue weighted by molar-refractivity contribution is 5.88. The molecule has 0 aliphatic rings. The smallest absolute Gasteiger partial charge is 0.249 e. The Balaban J connectivity index is 0.000000609. The monoisotopic (exact) mass is 351 g/mol. The second kappa shape index (κ2) is 14.9. The van der Waals surface area contributed by atoms with Crippen LogP contribution >= 0.6 is 0 Å². The number of nitrogens with zero attached hydrogens (tertiary/aromatic N) is 1. The number of carbonyl (C=O) groups is 2. The van der Waals surface area contributed by atoms with Crippen molar-refractivity contribution in [1.29, 1.82) is 0 Å². The van der Waals surface area contributed by atoms with Crippen molar-refractivity contribution in [2.45, 2.75) is 26.4 Å². The van der Waals surface area contributed by atoms with Crippen LogP contribution in [0.15, 0.2) is 42.1 Å². The van der Waals surface area contributed by atoms with Crippen LogP contribution in [0.25, 0.3) is 0 Å². The molecule has 0 unspecified atom stereocenters. The fourth-order valence-electron chi connectivity index (χ4n) is 1.49. The molecule has 0 saturated heterocycles. The van der Waals surface area contributed by atoms with E-state index < -0.39 is 0 Å². The molecule has 0 bridgehead atoms. The number of amides is 2. The van der Waals surface area contributed by atoms with Crippen molar-refractivity contribution >= 4 is 18.0 Å². The summed E-state index contributed by atoms with van der Waals surface area (Å²) in [5.41, 5.74) is 6.54. The first-order valence-electron chi connectivity index (χ1n) is 7.48. The van der Waals surface area contributed by atoms with E-state index in [0.29, 0.717) is 13.0 Å². The van der Waals surface area contributed by atoms with Gasteiger partial charge in [-0.15, -0.1) is 6.58 Å². The van der Waals surface area contributed by atoms with Crippen LogP contribution < -0.4 is 11.0 Å². The molecule has 1 aromatic carbocycles. The minimum absolute atomic E-state index is 0.127. The molecule has 1 aromatic rings. The molecule has 138 valence electrons. The summed E-state index contributed by atoms with van der Waals surface area (Å²) in [4.78, 5) is 35.1. The average molecular weight is 351 g/mol. The Hall–Kier alpha value is -2.71. The zero-order chi connectivity index (χ0) is 18.9. The number of oxime groups is 1. The van der Waals surface area contributed by atoms with Crippen LogP contribution in [0.1, 0.15) is 24.0 Å². The first-order valence-corrected chi connectivity index (χ1v) is 7.48. The molecule has 8 heteroatoms. The second-order valence-electron chi connectivity index (χ2n) is 4.64. The Bertz CT molecular complexity index is 561. The van der Waals surface area contributed by atoms with Crippen LogP contribution in [0.4, 0.5) is 0 Å². The summed E-state index contributed by atoms with van der Waals surface area (Å²) in [6.45, 7) is 5.77. The molecule has 8 nitrogen and oxygen atoms in total. The number of carbonyl (C=O) groups excluding carboxylic acids is 2. The van der Waals surface area contributed by atoms with Gasteiger partial charge in [-0.25, -0.2) is 11.0 Å². The third-order valence-corrected chi connectivity index (χ3v) is 2.67. The van der Waals surface area contributed by atoms with Crippen LogP contribution in [-0.4, -0.2) is 32.2 Å². The van der Waals surface area contributed by atoms with Crippen molar-refractivity contribution in [2.75, 3.05) is 14.2 Å². The molecular formula is C17H25N3O5. The lowest BCUT2D eigenvalue weighted by atomic mass is 10.1. The zero-order valence-electron chi connectivity index (χ0n) is 14.8. The van der Waals surface area contributed by atoms with Crippen LogP contribution in [0, 0.1) is 6.92 Å². The first-order chi connectivity index (χ1) is 12.0. The largest absolute Gasteiger partial charge is 0.391 e. The van der Waals surface area contributed by atoms with E-state index in [1.165, 1.54) is 26.5 Å². The minimum Gasteiger partial charge on any atom is -0.391 e. The van der Waals surface area contributed by atoms with Crippen molar-refractivity contribution in [3.8, 4) is 0 Å². The van der Waals surface area contributed by atoms with Gasteiger partial charge in [0, 0.05) is 6.42 Å². The van der Waals surface area contributed by atoms with Crippen molar-refractivity contribution in [3.05, 3.63) is 48.0 Å². The van der Waals surface area contributed by atoms with Gasteiger partial charge >= 0.3 is 0 Å². The molecule has 2 amide bonds. The molecular weight excluding hydrogens is 326 g/mol. The number of benzene rings is 1. The molecule has 0 spiro atoms. The van der Waals surface area contributed by atoms with Gasteiger partial charge < -0.3 is 4.84 Å². The van der Waals surface area contributed by atoms with Crippen LogP contribution in [0.2, 0.25) is 0 Å². The lowest BCUT2D eigenvalue weighted by molar-refractivity contribution is -0.130. The molecule has 0 saturated carbocycles. The molecule has 0 aliphatic carbocycles. The Labute approximate surface area is 147 Å². The van der Waals surface area contributed by atoms with E-state index in [2.05, 4.69) is 32.4 Å². The number of hydroxylamine groups is 2. The van der Waals surface area contributed by atoms with Gasteiger partial charge in [-0.3, -0.25) is 19.3 Å². The second-order valence-corrected chi connectivity index (χ2v) is 4.64.